The first kappa shape index (κ1) is 8.87. The Hall–Kier alpha value is -1.71. The summed E-state index contributed by atoms with van der Waals surface area (Å²) in [6.45, 7) is 1.76. The van der Waals surface area contributed by atoms with Crippen LogP contribution in [0.15, 0.2) is 29.3 Å². The van der Waals surface area contributed by atoms with Crippen molar-refractivity contribution in [2.75, 3.05) is 18.8 Å². The van der Waals surface area contributed by atoms with E-state index in [1.807, 2.05) is 12.1 Å². The van der Waals surface area contributed by atoms with Crippen molar-refractivity contribution in [3.8, 4) is 5.75 Å². The Balaban J connectivity index is 2.03. The molecule has 2 rings (SSSR count). The highest BCUT2D eigenvalue weighted by Crippen LogP contribution is 2.13. The van der Waals surface area contributed by atoms with E-state index in [1.165, 1.54) is 0 Å². The van der Waals surface area contributed by atoms with Gasteiger partial charge in [0.05, 0.1) is 0 Å². The molecule has 0 atom stereocenters. The third-order valence-electron chi connectivity index (χ3n) is 1.96. The molecule has 0 aromatic heterocycles. The molecule has 0 saturated carbocycles. The van der Waals surface area contributed by atoms with Crippen LogP contribution in [0.5, 0.6) is 5.75 Å². The maximum Gasteiger partial charge on any atom is 0.290 e. The number of hydrogen-bond donors (Lipinski definition) is 2. The highest BCUT2D eigenvalue weighted by Gasteiger charge is 2.05. The molecule has 1 aromatic rings. The summed E-state index contributed by atoms with van der Waals surface area (Å²) in [6, 6.07) is 7.86. The molecule has 4 heteroatoms. The standard InChI is InChI=1S/C10H13N3O/c11-8-2-4-9(5-3-8)14-10-12-6-1-7-13-10/h2-5H,1,6-7,11H2,(H,12,13). The maximum atomic E-state index is 5.56. The van der Waals surface area contributed by atoms with Crippen LogP contribution in [0.1, 0.15) is 6.42 Å². The summed E-state index contributed by atoms with van der Waals surface area (Å²) in [5.74, 6) is 0.757. The van der Waals surface area contributed by atoms with Gasteiger partial charge in [-0.3, -0.25) is 0 Å². The van der Waals surface area contributed by atoms with Gasteiger partial charge in [0, 0.05) is 18.8 Å². The Bertz CT molecular complexity index is 332. The Labute approximate surface area is 82.8 Å². The average molecular weight is 191 g/mol. The van der Waals surface area contributed by atoms with Gasteiger partial charge in [-0.1, -0.05) is 0 Å². The maximum absolute atomic E-state index is 5.56. The van der Waals surface area contributed by atoms with E-state index in [0.717, 1.165) is 30.9 Å². The fourth-order valence-corrected chi connectivity index (χ4v) is 1.23. The number of aliphatic imine (C=N–C) groups is 1. The first-order chi connectivity index (χ1) is 6.84. The number of amidine groups is 1. The van der Waals surface area contributed by atoms with Crippen molar-refractivity contribution in [1.29, 1.82) is 0 Å². The predicted octanol–water partition coefficient (Wildman–Crippen LogP) is 0.997. The van der Waals surface area contributed by atoms with Gasteiger partial charge in [-0.25, -0.2) is 4.99 Å². The summed E-state index contributed by atoms with van der Waals surface area (Å²) in [4.78, 5) is 4.20. The smallest absolute Gasteiger partial charge is 0.290 e. The van der Waals surface area contributed by atoms with Crippen molar-refractivity contribution in [3.63, 3.8) is 0 Å². The van der Waals surface area contributed by atoms with Crippen LogP contribution in [-0.4, -0.2) is 19.1 Å². The zero-order chi connectivity index (χ0) is 9.80. The molecule has 1 aliphatic heterocycles. The number of nitrogens with two attached hydrogens (primary N) is 1. The van der Waals surface area contributed by atoms with Crippen molar-refractivity contribution in [1.82, 2.24) is 5.32 Å². The molecule has 74 valence electrons. The van der Waals surface area contributed by atoms with Gasteiger partial charge < -0.3 is 15.8 Å². The Morgan fingerprint density at radius 2 is 2.07 bits per heavy atom. The molecular formula is C10H13N3O. The van der Waals surface area contributed by atoms with Crippen LogP contribution in [-0.2, 0) is 0 Å². The van der Waals surface area contributed by atoms with E-state index >= 15 is 0 Å². The monoisotopic (exact) mass is 191 g/mol. The van der Waals surface area contributed by atoms with Crippen LogP contribution in [0.25, 0.3) is 0 Å². The van der Waals surface area contributed by atoms with Gasteiger partial charge in [0.15, 0.2) is 0 Å². The van der Waals surface area contributed by atoms with Crippen molar-refractivity contribution in [2.45, 2.75) is 6.42 Å². The molecule has 0 radical (unpaired) electrons. The van der Waals surface area contributed by atoms with Gasteiger partial charge in [-0.05, 0) is 30.7 Å². The van der Waals surface area contributed by atoms with Crippen LogP contribution in [0, 0.1) is 0 Å². The minimum absolute atomic E-state index is 0.598. The largest absolute Gasteiger partial charge is 0.426 e. The molecule has 3 N–H and O–H groups in total. The first-order valence-electron chi connectivity index (χ1n) is 4.66. The fourth-order valence-electron chi connectivity index (χ4n) is 1.23. The average Bonchev–Trinajstić information content (AvgIpc) is 2.23. The van der Waals surface area contributed by atoms with Gasteiger partial charge in [0.1, 0.15) is 5.75 Å². The van der Waals surface area contributed by atoms with Gasteiger partial charge >= 0.3 is 0 Å². The highest BCUT2D eigenvalue weighted by molar-refractivity contribution is 5.76. The van der Waals surface area contributed by atoms with Gasteiger partial charge in [-0.2, -0.15) is 0 Å². The molecule has 0 amide bonds. The molecule has 0 aliphatic carbocycles. The molecule has 0 fully saturated rings. The lowest BCUT2D eigenvalue weighted by Gasteiger charge is -2.14. The molecule has 1 aliphatic rings. The molecule has 0 bridgehead atoms. The Morgan fingerprint density at radius 1 is 1.29 bits per heavy atom. The number of rotatable bonds is 1. The summed E-state index contributed by atoms with van der Waals surface area (Å²) in [5, 5.41) is 3.08. The number of ether oxygens (including phenoxy) is 1. The van der Waals surface area contributed by atoms with Crippen LogP contribution in [0.2, 0.25) is 0 Å². The minimum atomic E-state index is 0.598. The molecule has 1 aromatic carbocycles. The fraction of sp³-hybridized carbons (Fsp3) is 0.300. The van der Waals surface area contributed by atoms with E-state index in [0.29, 0.717) is 6.02 Å². The number of nitrogens with one attached hydrogen (secondary N) is 1. The Morgan fingerprint density at radius 3 is 2.71 bits per heavy atom. The molecule has 0 spiro atoms. The van der Waals surface area contributed by atoms with E-state index in [1.54, 1.807) is 12.1 Å². The van der Waals surface area contributed by atoms with Crippen LogP contribution >= 0.6 is 0 Å². The van der Waals surface area contributed by atoms with Gasteiger partial charge in [0.25, 0.3) is 6.02 Å². The molecule has 0 saturated heterocycles. The van der Waals surface area contributed by atoms with Crippen molar-refractivity contribution < 1.29 is 4.74 Å². The van der Waals surface area contributed by atoms with E-state index in [4.69, 9.17) is 10.5 Å². The predicted molar refractivity (Wildman–Crippen MR) is 56.4 cm³/mol. The van der Waals surface area contributed by atoms with Gasteiger partial charge in [0.2, 0.25) is 0 Å². The lowest BCUT2D eigenvalue weighted by atomic mass is 10.3. The summed E-state index contributed by atoms with van der Waals surface area (Å²) < 4.78 is 5.49. The summed E-state index contributed by atoms with van der Waals surface area (Å²) in [6.07, 6.45) is 1.06. The van der Waals surface area contributed by atoms with E-state index in [-0.39, 0.29) is 0 Å². The lowest BCUT2D eigenvalue weighted by Crippen LogP contribution is -2.33. The summed E-state index contributed by atoms with van der Waals surface area (Å²) in [5.41, 5.74) is 6.29. The summed E-state index contributed by atoms with van der Waals surface area (Å²) >= 11 is 0. The van der Waals surface area contributed by atoms with Crippen molar-refractivity contribution in [2.24, 2.45) is 4.99 Å². The SMILES string of the molecule is Nc1ccc(OC2=NCCCN2)cc1. The van der Waals surface area contributed by atoms with Gasteiger partial charge in [-0.15, -0.1) is 0 Å². The van der Waals surface area contributed by atoms with E-state index in [9.17, 15) is 0 Å². The van der Waals surface area contributed by atoms with Crippen LogP contribution in [0.4, 0.5) is 5.69 Å². The minimum Gasteiger partial charge on any atom is -0.426 e. The molecular weight excluding hydrogens is 178 g/mol. The van der Waals surface area contributed by atoms with Crippen LogP contribution in [0.3, 0.4) is 0 Å². The molecule has 1 heterocycles. The summed E-state index contributed by atoms with van der Waals surface area (Å²) in [7, 11) is 0. The first-order valence-corrected chi connectivity index (χ1v) is 4.66. The van der Waals surface area contributed by atoms with E-state index < -0.39 is 0 Å². The molecule has 4 nitrogen and oxygen atoms in total. The van der Waals surface area contributed by atoms with Crippen molar-refractivity contribution >= 4 is 11.7 Å². The second-order valence-electron chi connectivity index (χ2n) is 3.14. The zero-order valence-electron chi connectivity index (χ0n) is 7.86. The number of hydrogen-bond acceptors (Lipinski definition) is 4. The topological polar surface area (TPSA) is 59.6 Å². The second-order valence-corrected chi connectivity index (χ2v) is 3.14. The number of nitrogen functional groups attached to an aromatic ring is 1. The normalized spacial score (nSPS) is 15.6. The van der Waals surface area contributed by atoms with E-state index in [2.05, 4.69) is 10.3 Å². The third-order valence-corrected chi connectivity index (χ3v) is 1.96. The van der Waals surface area contributed by atoms with Crippen molar-refractivity contribution in [3.05, 3.63) is 24.3 Å². The van der Waals surface area contributed by atoms with Crippen LogP contribution < -0.4 is 15.8 Å². The lowest BCUT2D eigenvalue weighted by molar-refractivity contribution is 0.495. The Kier molecular flexibility index (Phi) is 2.53. The number of anilines is 1. The number of nitrogens with zero attached hydrogens (tertiary/aromatic N) is 1. The third kappa shape index (κ3) is 2.16. The quantitative estimate of drug-likeness (QED) is 0.651. The number of benzene rings is 1. The zero-order valence-corrected chi connectivity index (χ0v) is 7.86. The second kappa shape index (κ2) is 4.00. The molecule has 14 heavy (non-hydrogen) atoms. The molecule has 0 unspecified atom stereocenters. The highest BCUT2D eigenvalue weighted by atomic mass is 16.5.